The van der Waals surface area contributed by atoms with E-state index in [1.807, 2.05) is 128 Å². The second-order valence-corrected chi connectivity index (χ2v) is 16.6. The van der Waals surface area contributed by atoms with Crippen LogP contribution in [0.15, 0.2) is 109 Å². The highest BCUT2D eigenvalue weighted by molar-refractivity contribution is 6.01. The summed E-state index contributed by atoms with van der Waals surface area (Å²) in [4.78, 5) is 77.0. The van der Waals surface area contributed by atoms with E-state index in [4.69, 9.17) is 0 Å². The number of carbonyl (C=O) groups excluding carboxylic acids is 5. The van der Waals surface area contributed by atoms with Gasteiger partial charge in [-0.25, -0.2) is 4.79 Å². The molecule has 3 fully saturated rings. The van der Waals surface area contributed by atoms with Crippen molar-refractivity contribution in [1.29, 1.82) is 0 Å². The summed E-state index contributed by atoms with van der Waals surface area (Å²) in [6, 6.07) is 31.1. The molecule has 5 aromatic rings. The molecule has 8 rings (SSSR count). The molecule has 4 aromatic carbocycles. The molecule has 316 valence electrons. The van der Waals surface area contributed by atoms with Crippen LogP contribution >= 0.6 is 0 Å². The van der Waals surface area contributed by atoms with Crippen LogP contribution in [0.5, 0.6) is 0 Å². The number of rotatable bonds is 12. The highest BCUT2D eigenvalue weighted by atomic mass is 16.2. The Balaban J connectivity index is 0.898. The van der Waals surface area contributed by atoms with Crippen molar-refractivity contribution in [2.45, 2.75) is 81.6 Å². The minimum Gasteiger partial charge on any atom is -0.355 e. The molecule has 0 unspecified atom stereocenters. The zero-order chi connectivity index (χ0) is 42.5. The Morgan fingerprint density at radius 1 is 0.639 bits per heavy atom. The molecule has 0 radical (unpaired) electrons. The Bertz CT molecular complexity index is 2360. The monoisotopic (exact) mass is 822 g/mol. The minimum absolute atomic E-state index is 0.0813. The molecule has 6 amide bonds. The molecule has 4 atom stereocenters. The summed E-state index contributed by atoms with van der Waals surface area (Å²) in [6.07, 6.45) is 6.56. The molecule has 1 aromatic heterocycles. The van der Waals surface area contributed by atoms with E-state index in [0.29, 0.717) is 49.3 Å². The van der Waals surface area contributed by atoms with Crippen molar-refractivity contribution in [2.24, 2.45) is 0 Å². The molecule has 61 heavy (non-hydrogen) atoms. The zero-order valence-electron chi connectivity index (χ0n) is 34.7. The zero-order valence-corrected chi connectivity index (χ0v) is 34.7. The predicted molar refractivity (Wildman–Crippen MR) is 236 cm³/mol. The summed E-state index contributed by atoms with van der Waals surface area (Å²) in [5.41, 5.74) is 5.46. The first-order chi connectivity index (χ1) is 29.6. The number of hydrogen-bond acceptors (Lipinski definition) is 6. The van der Waals surface area contributed by atoms with Gasteiger partial charge in [-0.05, 0) is 106 Å². The normalized spacial score (nSPS) is 18.9. The summed E-state index contributed by atoms with van der Waals surface area (Å²) in [5, 5.41) is 12.9. The van der Waals surface area contributed by atoms with Gasteiger partial charge in [0.2, 0.25) is 17.7 Å². The van der Waals surface area contributed by atoms with E-state index in [-0.39, 0.29) is 35.7 Å². The molecule has 3 aliphatic rings. The largest absolute Gasteiger partial charge is 0.355 e. The fourth-order valence-corrected chi connectivity index (χ4v) is 9.14. The van der Waals surface area contributed by atoms with Crippen molar-refractivity contribution in [3.63, 3.8) is 0 Å². The number of aromatic nitrogens is 1. The van der Waals surface area contributed by atoms with Crippen molar-refractivity contribution in [2.75, 3.05) is 37.8 Å². The average Bonchev–Trinajstić information content (AvgIpc) is 4.11. The number of likely N-dealkylation sites (tertiary alicyclic amines) is 2. The van der Waals surface area contributed by atoms with Crippen LogP contribution in [-0.2, 0) is 19.2 Å². The molecule has 2 aliphatic heterocycles. The first kappa shape index (κ1) is 41.3. The summed E-state index contributed by atoms with van der Waals surface area (Å²) < 4.78 is 0. The van der Waals surface area contributed by atoms with Crippen LogP contribution in [0.3, 0.4) is 0 Å². The summed E-state index contributed by atoms with van der Waals surface area (Å²) in [6.45, 7) is 0.950. The fourth-order valence-electron chi connectivity index (χ4n) is 9.14. The van der Waals surface area contributed by atoms with Gasteiger partial charge in [-0.15, -0.1) is 0 Å². The second kappa shape index (κ2) is 18.4. The van der Waals surface area contributed by atoms with Crippen LogP contribution in [0, 0.1) is 0 Å². The van der Waals surface area contributed by atoms with Gasteiger partial charge in [-0.3, -0.25) is 24.1 Å². The Labute approximate surface area is 356 Å². The highest BCUT2D eigenvalue weighted by Gasteiger charge is 2.40. The molecule has 13 heteroatoms. The number of anilines is 2. The third-order valence-electron chi connectivity index (χ3n) is 12.2. The number of amides is 6. The van der Waals surface area contributed by atoms with Crippen molar-refractivity contribution in [3.8, 4) is 11.3 Å². The maximum Gasteiger partial charge on any atom is 0.315 e. The number of aromatic amines is 1. The lowest BCUT2D eigenvalue weighted by atomic mass is 10.0. The highest BCUT2D eigenvalue weighted by Crippen LogP contribution is 2.31. The Kier molecular flexibility index (Phi) is 12.5. The summed E-state index contributed by atoms with van der Waals surface area (Å²) in [5.74, 6) is -0.874. The first-order valence-corrected chi connectivity index (χ1v) is 21.4. The summed E-state index contributed by atoms with van der Waals surface area (Å²) >= 11 is 0. The molecule has 0 spiro atoms. The van der Waals surface area contributed by atoms with E-state index in [2.05, 4.69) is 26.3 Å². The Morgan fingerprint density at radius 3 is 1.84 bits per heavy atom. The maximum atomic E-state index is 14.1. The van der Waals surface area contributed by atoms with Gasteiger partial charge in [0.15, 0.2) is 0 Å². The van der Waals surface area contributed by atoms with Crippen LogP contribution in [-0.4, -0.2) is 94.7 Å². The van der Waals surface area contributed by atoms with Crippen LogP contribution in [0.4, 0.5) is 16.2 Å². The van der Waals surface area contributed by atoms with Crippen molar-refractivity contribution < 1.29 is 24.0 Å². The van der Waals surface area contributed by atoms with Gasteiger partial charge in [0, 0.05) is 47.1 Å². The topological polar surface area (TPSA) is 159 Å². The van der Waals surface area contributed by atoms with Gasteiger partial charge in [-0.1, -0.05) is 85.6 Å². The van der Waals surface area contributed by atoms with E-state index >= 15 is 0 Å². The minimum atomic E-state index is -0.923. The van der Waals surface area contributed by atoms with E-state index in [0.717, 1.165) is 59.8 Å². The van der Waals surface area contributed by atoms with Crippen LogP contribution in [0.1, 0.15) is 74.6 Å². The van der Waals surface area contributed by atoms with Gasteiger partial charge in [0.25, 0.3) is 5.91 Å². The van der Waals surface area contributed by atoms with Gasteiger partial charge >= 0.3 is 6.03 Å². The number of nitrogens with one attached hydrogen (secondary N) is 5. The molecular weight excluding hydrogens is 769 g/mol. The predicted octanol–water partition coefficient (Wildman–Crippen LogP) is 6.98. The van der Waals surface area contributed by atoms with Gasteiger partial charge in [-0.2, -0.15) is 0 Å². The van der Waals surface area contributed by atoms with Crippen molar-refractivity contribution in [1.82, 2.24) is 30.3 Å². The van der Waals surface area contributed by atoms with Gasteiger partial charge in [0.05, 0.1) is 0 Å². The molecule has 13 nitrogen and oxygen atoms in total. The van der Waals surface area contributed by atoms with E-state index in [9.17, 15) is 24.0 Å². The number of H-pyrrole nitrogens is 1. The lowest BCUT2D eigenvalue weighted by Crippen LogP contribution is -2.51. The third-order valence-corrected chi connectivity index (χ3v) is 12.2. The number of nitrogens with zero attached hydrogens (tertiary/aromatic N) is 3. The number of urea groups is 1. The average molecular weight is 823 g/mol. The molecule has 5 N–H and O–H groups in total. The number of benzene rings is 4. The SMILES string of the molecule is CN(C)[C@@H](C(=O)N1CCC[C@H]1C(=O)Nc1ccc2[nH]c(-c3ccc(NC(=O)[C@@H]4CCCN4C(=O)[C@H](NC(=O)NC4CCCC4)c4ccccc4)cc3)cc2c1)c1ccccc1. The van der Waals surface area contributed by atoms with E-state index in [1.54, 1.807) is 9.80 Å². The van der Waals surface area contributed by atoms with Gasteiger partial charge in [0.1, 0.15) is 24.2 Å². The standard InChI is InChI=1S/C48H54N8O5/c1-54(2)43(33-15-7-4-8-16-33)47(60)56-28-12-20-41(56)45(58)50-37-25-26-38-34(29-37)30-39(52-38)31-21-23-36(24-22-31)49-44(57)40-19-11-27-55(40)46(59)42(32-13-5-3-6-14-32)53-48(61)51-35-17-9-10-18-35/h3-8,13-16,21-26,29-30,35,40-43,52H,9-12,17-20,27-28H2,1-2H3,(H,49,57)(H,50,58)(H2,51,53,61)/t40-,41-,42+,43+/m0/s1. The van der Waals surface area contributed by atoms with E-state index in [1.165, 1.54) is 0 Å². The second-order valence-electron chi connectivity index (χ2n) is 16.6. The summed E-state index contributed by atoms with van der Waals surface area (Å²) in [7, 11) is 3.76. The van der Waals surface area contributed by atoms with Gasteiger partial charge < -0.3 is 36.1 Å². The van der Waals surface area contributed by atoms with Crippen molar-refractivity contribution in [3.05, 3.63) is 120 Å². The first-order valence-electron chi connectivity index (χ1n) is 21.4. The molecule has 1 aliphatic carbocycles. The smallest absolute Gasteiger partial charge is 0.315 e. The Morgan fingerprint density at radius 2 is 1.21 bits per heavy atom. The molecular formula is C48H54N8O5. The fraction of sp³-hybridized carbons (Fsp3) is 0.354. The van der Waals surface area contributed by atoms with Crippen molar-refractivity contribution >= 4 is 51.9 Å². The molecule has 3 heterocycles. The number of fused-ring (bicyclic) bond motifs is 1. The molecule has 0 bridgehead atoms. The Hall–Kier alpha value is -6.47. The molecule has 2 saturated heterocycles. The van der Waals surface area contributed by atoms with Crippen LogP contribution in [0.2, 0.25) is 0 Å². The van der Waals surface area contributed by atoms with E-state index < -0.39 is 24.2 Å². The maximum absolute atomic E-state index is 14.1. The lowest BCUT2D eigenvalue weighted by molar-refractivity contribution is -0.140. The number of hydrogen-bond donors (Lipinski definition) is 5. The van der Waals surface area contributed by atoms with Crippen LogP contribution in [0.25, 0.3) is 22.2 Å². The quantitative estimate of drug-likeness (QED) is 0.0914. The van der Waals surface area contributed by atoms with Crippen LogP contribution < -0.4 is 21.3 Å². The third kappa shape index (κ3) is 9.31. The number of carbonyl (C=O) groups is 5. The lowest BCUT2D eigenvalue weighted by Gasteiger charge is -2.31. The number of likely N-dealkylation sites (N-methyl/N-ethyl adjacent to an activating group) is 1. The molecule has 1 saturated carbocycles.